The van der Waals surface area contributed by atoms with E-state index in [1.54, 1.807) is 19.2 Å². The predicted octanol–water partition coefficient (Wildman–Crippen LogP) is 3.14. The van der Waals surface area contributed by atoms with Crippen molar-refractivity contribution in [3.05, 3.63) is 23.8 Å². The Morgan fingerprint density at radius 1 is 1.50 bits per heavy atom. The molecule has 0 saturated heterocycles. The molecule has 5 nitrogen and oxygen atoms in total. The third kappa shape index (κ3) is 4.47. The molecule has 0 radical (unpaired) electrons. The Hall–Kier alpha value is -2.22. The monoisotopic (exact) mass is 276 g/mol. The summed E-state index contributed by atoms with van der Waals surface area (Å²) in [5.74, 6) is -0.370. The van der Waals surface area contributed by atoms with Crippen LogP contribution < -0.4 is 10.1 Å². The number of nitriles is 1. The first-order valence-electron chi connectivity index (χ1n) is 6.42. The van der Waals surface area contributed by atoms with Gasteiger partial charge in [-0.3, -0.25) is 0 Å². The molecule has 1 aromatic rings. The molecule has 1 rings (SSSR count). The molecule has 0 aromatic heterocycles. The lowest BCUT2D eigenvalue weighted by Crippen LogP contribution is -2.23. The SMILES string of the molecule is COc1ccc(C(=O)O)cc1NCC(C)(C)CCC#N. The van der Waals surface area contributed by atoms with Crippen LogP contribution in [0.2, 0.25) is 0 Å². The molecule has 5 heteroatoms. The summed E-state index contributed by atoms with van der Waals surface area (Å²) in [5, 5.41) is 20.9. The summed E-state index contributed by atoms with van der Waals surface area (Å²) in [6, 6.07) is 6.84. The van der Waals surface area contributed by atoms with Crippen molar-refractivity contribution in [2.24, 2.45) is 5.41 Å². The Balaban J connectivity index is 2.83. The van der Waals surface area contributed by atoms with E-state index in [0.717, 1.165) is 6.42 Å². The Kier molecular flexibility index (Phi) is 5.39. The molecular weight excluding hydrogens is 256 g/mol. The van der Waals surface area contributed by atoms with Gasteiger partial charge in [0.25, 0.3) is 0 Å². The van der Waals surface area contributed by atoms with Gasteiger partial charge in [-0.1, -0.05) is 13.8 Å². The van der Waals surface area contributed by atoms with Crippen LogP contribution in [0.4, 0.5) is 5.69 Å². The lowest BCUT2D eigenvalue weighted by molar-refractivity contribution is 0.0697. The fourth-order valence-electron chi connectivity index (χ4n) is 1.80. The Morgan fingerprint density at radius 3 is 2.75 bits per heavy atom. The minimum Gasteiger partial charge on any atom is -0.495 e. The van der Waals surface area contributed by atoms with Gasteiger partial charge in [0.1, 0.15) is 5.75 Å². The predicted molar refractivity (Wildman–Crippen MR) is 77.1 cm³/mol. The molecule has 0 heterocycles. The molecule has 108 valence electrons. The third-order valence-electron chi connectivity index (χ3n) is 3.12. The van der Waals surface area contributed by atoms with Crippen molar-refractivity contribution in [1.82, 2.24) is 0 Å². The molecule has 0 unspecified atom stereocenters. The maximum Gasteiger partial charge on any atom is 0.335 e. The molecule has 0 saturated carbocycles. The number of methoxy groups -OCH3 is 1. The maximum atomic E-state index is 11.0. The number of benzene rings is 1. The zero-order chi connectivity index (χ0) is 15.2. The molecule has 0 fully saturated rings. The summed E-state index contributed by atoms with van der Waals surface area (Å²) in [6.45, 7) is 4.75. The van der Waals surface area contributed by atoms with E-state index in [2.05, 4.69) is 25.2 Å². The second-order valence-electron chi connectivity index (χ2n) is 5.40. The number of nitrogens with one attached hydrogen (secondary N) is 1. The third-order valence-corrected chi connectivity index (χ3v) is 3.12. The highest BCUT2D eigenvalue weighted by Crippen LogP contribution is 2.28. The van der Waals surface area contributed by atoms with Gasteiger partial charge in [0.15, 0.2) is 0 Å². The van der Waals surface area contributed by atoms with Crippen LogP contribution in [0.15, 0.2) is 18.2 Å². The van der Waals surface area contributed by atoms with Crippen molar-refractivity contribution in [3.63, 3.8) is 0 Å². The van der Waals surface area contributed by atoms with Gasteiger partial charge < -0.3 is 15.2 Å². The molecule has 0 aliphatic carbocycles. The number of nitrogens with zero attached hydrogens (tertiary/aromatic N) is 1. The van der Waals surface area contributed by atoms with Gasteiger partial charge in [-0.05, 0) is 30.0 Å². The molecule has 0 aliphatic heterocycles. The molecule has 0 aliphatic rings. The topological polar surface area (TPSA) is 82.3 Å². The van der Waals surface area contributed by atoms with Crippen molar-refractivity contribution in [3.8, 4) is 11.8 Å². The highest BCUT2D eigenvalue weighted by atomic mass is 16.5. The second kappa shape index (κ2) is 6.80. The Labute approximate surface area is 119 Å². The van der Waals surface area contributed by atoms with Crippen molar-refractivity contribution in [2.45, 2.75) is 26.7 Å². The summed E-state index contributed by atoms with van der Waals surface area (Å²) in [7, 11) is 1.54. The van der Waals surface area contributed by atoms with Crippen LogP contribution in [-0.2, 0) is 0 Å². The molecule has 0 atom stereocenters. The van der Waals surface area contributed by atoms with Crippen LogP contribution in [0.5, 0.6) is 5.75 Å². The zero-order valence-corrected chi connectivity index (χ0v) is 12.1. The highest BCUT2D eigenvalue weighted by molar-refractivity contribution is 5.89. The average Bonchev–Trinajstić information content (AvgIpc) is 2.42. The van der Waals surface area contributed by atoms with Crippen LogP contribution >= 0.6 is 0 Å². The number of carbonyl (C=O) groups is 1. The minimum atomic E-state index is -0.973. The molecule has 20 heavy (non-hydrogen) atoms. The first kappa shape index (κ1) is 15.8. The normalized spacial score (nSPS) is 10.7. The number of carboxylic acids is 1. The smallest absolute Gasteiger partial charge is 0.335 e. The number of carboxylic acid groups (broad SMARTS) is 1. The number of aromatic carboxylic acids is 1. The van der Waals surface area contributed by atoms with Gasteiger partial charge in [-0.2, -0.15) is 5.26 Å². The van der Waals surface area contributed by atoms with Crippen molar-refractivity contribution < 1.29 is 14.6 Å². The number of ether oxygens (including phenoxy) is 1. The van der Waals surface area contributed by atoms with Crippen LogP contribution in [0.3, 0.4) is 0 Å². The average molecular weight is 276 g/mol. The van der Waals surface area contributed by atoms with Crippen molar-refractivity contribution in [2.75, 3.05) is 19.0 Å². The first-order chi connectivity index (χ1) is 9.39. The van der Waals surface area contributed by atoms with E-state index in [-0.39, 0.29) is 11.0 Å². The summed E-state index contributed by atoms with van der Waals surface area (Å²) in [4.78, 5) is 11.0. The summed E-state index contributed by atoms with van der Waals surface area (Å²) >= 11 is 0. The molecule has 0 spiro atoms. The number of rotatable bonds is 7. The van der Waals surface area contributed by atoms with Crippen molar-refractivity contribution >= 4 is 11.7 Å². The Morgan fingerprint density at radius 2 is 2.20 bits per heavy atom. The van der Waals surface area contributed by atoms with Crippen LogP contribution in [0.1, 0.15) is 37.0 Å². The molecular formula is C15H20N2O3. The molecule has 0 amide bonds. The standard InChI is InChI=1S/C15H20N2O3/c1-15(2,7-4-8-16)10-17-12-9-11(14(18)19)5-6-13(12)20-3/h5-6,9,17H,4,7,10H2,1-3H3,(H,18,19). The van der Waals surface area contributed by atoms with Gasteiger partial charge in [0, 0.05) is 13.0 Å². The second-order valence-corrected chi connectivity index (χ2v) is 5.40. The fraction of sp³-hybridized carbons (Fsp3) is 0.467. The number of hydrogen-bond acceptors (Lipinski definition) is 4. The van der Waals surface area contributed by atoms with Gasteiger partial charge in [-0.25, -0.2) is 4.79 Å². The van der Waals surface area contributed by atoms with E-state index in [4.69, 9.17) is 15.1 Å². The summed E-state index contributed by atoms with van der Waals surface area (Å²) < 4.78 is 5.22. The van der Waals surface area contributed by atoms with Gasteiger partial charge in [0.2, 0.25) is 0 Å². The largest absolute Gasteiger partial charge is 0.495 e. The highest BCUT2D eigenvalue weighted by Gasteiger charge is 2.18. The maximum absolute atomic E-state index is 11.0. The lowest BCUT2D eigenvalue weighted by atomic mass is 9.88. The van der Waals surface area contributed by atoms with E-state index in [0.29, 0.717) is 24.4 Å². The van der Waals surface area contributed by atoms with Gasteiger partial charge in [0.05, 0.1) is 24.4 Å². The van der Waals surface area contributed by atoms with E-state index in [9.17, 15) is 4.79 Å². The number of anilines is 1. The fourth-order valence-corrected chi connectivity index (χ4v) is 1.80. The number of hydrogen-bond donors (Lipinski definition) is 2. The molecule has 1 aromatic carbocycles. The lowest BCUT2D eigenvalue weighted by Gasteiger charge is -2.25. The van der Waals surface area contributed by atoms with E-state index in [1.165, 1.54) is 6.07 Å². The van der Waals surface area contributed by atoms with Crippen LogP contribution in [0.25, 0.3) is 0 Å². The van der Waals surface area contributed by atoms with Crippen molar-refractivity contribution in [1.29, 1.82) is 5.26 Å². The van der Waals surface area contributed by atoms with Gasteiger partial charge in [-0.15, -0.1) is 0 Å². The van der Waals surface area contributed by atoms with Crippen LogP contribution in [0, 0.1) is 16.7 Å². The van der Waals surface area contributed by atoms with Gasteiger partial charge >= 0.3 is 5.97 Å². The quantitative estimate of drug-likeness (QED) is 0.799. The molecule has 0 bridgehead atoms. The summed E-state index contributed by atoms with van der Waals surface area (Å²) in [5.41, 5.74) is 0.806. The van der Waals surface area contributed by atoms with E-state index < -0.39 is 5.97 Å². The Bertz CT molecular complexity index is 518. The minimum absolute atomic E-state index is 0.0556. The van der Waals surface area contributed by atoms with E-state index in [1.807, 2.05) is 0 Å². The zero-order valence-electron chi connectivity index (χ0n) is 12.1. The molecule has 2 N–H and O–H groups in total. The summed E-state index contributed by atoms with van der Waals surface area (Å²) in [6.07, 6.45) is 1.28. The van der Waals surface area contributed by atoms with E-state index >= 15 is 0 Å². The first-order valence-corrected chi connectivity index (χ1v) is 6.42. The van der Waals surface area contributed by atoms with Crippen LogP contribution in [-0.4, -0.2) is 24.7 Å².